The van der Waals surface area contributed by atoms with Gasteiger partial charge in [0.1, 0.15) is 10.5 Å². The monoisotopic (exact) mass is 262 g/mol. The van der Waals surface area contributed by atoms with Gasteiger partial charge >= 0.3 is 5.69 Å². The summed E-state index contributed by atoms with van der Waals surface area (Å²) in [6, 6.07) is 1.80. The molecule has 7 heteroatoms. The number of nitrogens with one attached hydrogen (secondary N) is 1. The van der Waals surface area contributed by atoms with Crippen LogP contribution in [0, 0.1) is 0 Å². The van der Waals surface area contributed by atoms with Crippen molar-refractivity contribution in [2.45, 2.75) is 6.54 Å². The largest absolute Gasteiger partial charge is 0.328 e. The fourth-order valence-corrected chi connectivity index (χ4v) is 2.51. The molecule has 0 aromatic carbocycles. The van der Waals surface area contributed by atoms with Crippen LogP contribution in [0.2, 0.25) is 0 Å². The van der Waals surface area contributed by atoms with Crippen molar-refractivity contribution >= 4 is 21.6 Å². The van der Waals surface area contributed by atoms with Gasteiger partial charge in [-0.1, -0.05) is 0 Å². The number of rotatable bonds is 2. The third-order valence-electron chi connectivity index (χ3n) is 2.70. The van der Waals surface area contributed by atoms with Crippen molar-refractivity contribution in [1.82, 2.24) is 19.1 Å². The van der Waals surface area contributed by atoms with E-state index in [1.165, 1.54) is 20.5 Å². The molecule has 0 saturated heterocycles. The number of H-pyrrole nitrogens is 1. The summed E-state index contributed by atoms with van der Waals surface area (Å²) in [7, 11) is 1.68. The van der Waals surface area contributed by atoms with Gasteiger partial charge in [-0.05, 0) is 11.4 Å². The van der Waals surface area contributed by atoms with E-state index >= 15 is 0 Å². The Morgan fingerprint density at radius 3 is 2.94 bits per heavy atom. The number of aromatic nitrogens is 4. The summed E-state index contributed by atoms with van der Waals surface area (Å²) in [5.41, 5.74) is 0.375. The smallest absolute Gasteiger partial charge is 0.308 e. The van der Waals surface area contributed by atoms with E-state index in [1.54, 1.807) is 25.5 Å². The molecule has 0 fully saturated rings. The van der Waals surface area contributed by atoms with Crippen molar-refractivity contribution in [1.29, 1.82) is 0 Å². The van der Waals surface area contributed by atoms with Gasteiger partial charge in [-0.15, -0.1) is 11.3 Å². The van der Waals surface area contributed by atoms with Crippen molar-refractivity contribution in [3.8, 4) is 0 Å². The van der Waals surface area contributed by atoms with Crippen LogP contribution in [0.3, 0.4) is 0 Å². The highest BCUT2D eigenvalue weighted by Gasteiger charge is 2.07. The van der Waals surface area contributed by atoms with E-state index in [-0.39, 0.29) is 17.8 Å². The molecule has 1 N–H and O–H groups in total. The zero-order chi connectivity index (χ0) is 12.7. The van der Waals surface area contributed by atoms with E-state index in [2.05, 4.69) is 9.97 Å². The summed E-state index contributed by atoms with van der Waals surface area (Å²) in [6.07, 6.45) is 3.34. The molecule has 3 aromatic rings. The highest BCUT2D eigenvalue weighted by atomic mass is 32.1. The molecule has 0 saturated carbocycles. The number of imidazole rings is 1. The maximum atomic E-state index is 11.8. The lowest BCUT2D eigenvalue weighted by Crippen LogP contribution is -2.24. The van der Waals surface area contributed by atoms with E-state index in [9.17, 15) is 9.59 Å². The lowest BCUT2D eigenvalue weighted by Gasteiger charge is -2.01. The summed E-state index contributed by atoms with van der Waals surface area (Å²) in [4.78, 5) is 30.5. The first kappa shape index (κ1) is 11.0. The summed E-state index contributed by atoms with van der Waals surface area (Å²) in [5, 5.41) is 1.82. The van der Waals surface area contributed by atoms with Crippen molar-refractivity contribution in [2.75, 3.05) is 0 Å². The molecule has 92 valence electrons. The quantitative estimate of drug-likeness (QED) is 0.732. The average molecular weight is 262 g/mol. The van der Waals surface area contributed by atoms with Gasteiger partial charge in [0.25, 0.3) is 5.56 Å². The molecule has 0 aliphatic heterocycles. The topological polar surface area (TPSA) is 72.7 Å². The molecule has 3 aromatic heterocycles. The number of thiophene rings is 1. The van der Waals surface area contributed by atoms with E-state index in [0.29, 0.717) is 16.0 Å². The molecule has 3 heterocycles. The van der Waals surface area contributed by atoms with Crippen LogP contribution in [0.5, 0.6) is 0 Å². The predicted octanol–water partition coefficient (Wildman–Crippen LogP) is 0.533. The molecule has 6 nitrogen and oxygen atoms in total. The zero-order valence-electron chi connectivity index (χ0n) is 9.58. The van der Waals surface area contributed by atoms with Crippen LogP contribution in [-0.4, -0.2) is 19.1 Å². The van der Waals surface area contributed by atoms with Gasteiger partial charge in [-0.2, -0.15) is 0 Å². The second-order valence-corrected chi connectivity index (χ2v) is 4.88. The number of hydrogen-bond donors (Lipinski definition) is 1. The maximum absolute atomic E-state index is 11.8. The first-order valence-electron chi connectivity index (χ1n) is 5.33. The minimum atomic E-state index is -0.158. The SMILES string of the molecule is Cn1ccn(Cc2nc3ccsc3c(=O)[nH]2)c1=O. The van der Waals surface area contributed by atoms with Crippen molar-refractivity contribution < 1.29 is 0 Å². The van der Waals surface area contributed by atoms with Crippen molar-refractivity contribution in [3.63, 3.8) is 0 Å². The average Bonchev–Trinajstić information content (AvgIpc) is 2.91. The first-order valence-corrected chi connectivity index (χ1v) is 6.21. The van der Waals surface area contributed by atoms with Crippen LogP contribution < -0.4 is 11.2 Å². The summed E-state index contributed by atoms with van der Waals surface area (Å²) in [6.45, 7) is 0.265. The van der Waals surface area contributed by atoms with Crippen LogP contribution in [0.15, 0.2) is 33.4 Å². The highest BCUT2D eigenvalue weighted by molar-refractivity contribution is 7.17. The maximum Gasteiger partial charge on any atom is 0.328 e. The third-order valence-corrected chi connectivity index (χ3v) is 3.60. The molecular formula is C11H10N4O2S. The highest BCUT2D eigenvalue weighted by Crippen LogP contribution is 2.13. The van der Waals surface area contributed by atoms with Gasteiger partial charge in [0, 0.05) is 19.4 Å². The molecule has 0 radical (unpaired) electrons. The Morgan fingerprint density at radius 2 is 2.22 bits per heavy atom. The van der Waals surface area contributed by atoms with Gasteiger partial charge in [-0.25, -0.2) is 9.78 Å². The lowest BCUT2D eigenvalue weighted by atomic mass is 10.4. The molecule has 0 atom stereocenters. The van der Waals surface area contributed by atoms with Gasteiger partial charge in [-0.3, -0.25) is 9.36 Å². The fraction of sp³-hybridized carbons (Fsp3) is 0.182. The summed E-state index contributed by atoms with van der Waals surface area (Å²) >= 11 is 1.36. The van der Waals surface area contributed by atoms with Crippen molar-refractivity contribution in [2.24, 2.45) is 7.05 Å². The van der Waals surface area contributed by atoms with Crippen LogP contribution in [-0.2, 0) is 13.6 Å². The molecule has 0 aliphatic carbocycles. The molecular weight excluding hydrogens is 252 g/mol. The summed E-state index contributed by atoms with van der Waals surface area (Å²) in [5.74, 6) is 0.485. The molecule has 18 heavy (non-hydrogen) atoms. The van der Waals surface area contributed by atoms with Crippen LogP contribution in [0.1, 0.15) is 5.82 Å². The van der Waals surface area contributed by atoms with Crippen LogP contribution in [0.4, 0.5) is 0 Å². The van der Waals surface area contributed by atoms with Gasteiger partial charge in [0.2, 0.25) is 0 Å². The Labute approximate surface area is 105 Å². The molecule has 0 bridgehead atoms. The second kappa shape index (κ2) is 3.95. The van der Waals surface area contributed by atoms with Crippen LogP contribution in [0.25, 0.3) is 10.2 Å². The Hall–Kier alpha value is -2.15. The number of aryl methyl sites for hydroxylation is 1. The number of hydrogen-bond acceptors (Lipinski definition) is 4. The normalized spacial score (nSPS) is 11.2. The van der Waals surface area contributed by atoms with E-state index in [4.69, 9.17) is 0 Å². The Kier molecular flexibility index (Phi) is 2.41. The lowest BCUT2D eigenvalue weighted by molar-refractivity contribution is 0.688. The summed E-state index contributed by atoms with van der Waals surface area (Å²) < 4.78 is 3.58. The Balaban J connectivity index is 2.07. The molecule has 3 rings (SSSR count). The zero-order valence-corrected chi connectivity index (χ0v) is 10.4. The van der Waals surface area contributed by atoms with Gasteiger partial charge in [0.15, 0.2) is 0 Å². The third kappa shape index (κ3) is 1.68. The van der Waals surface area contributed by atoms with E-state index < -0.39 is 0 Å². The predicted molar refractivity (Wildman–Crippen MR) is 69.0 cm³/mol. The van der Waals surface area contributed by atoms with E-state index in [1.807, 2.05) is 5.38 Å². The Morgan fingerprint density at radius 1 is 1.39 bits per heavy atom. The molecule has 0 spiro atoms. The van der Waals surface area contributed by atoms with Gasteiger partial charge < -0.3 is 9.55 Å². The first-order chi connectivity index (χ1) is 8.65. The minimum absolute atomic E-state index is 0.136. The van der Waals surface area contributed by atoms with Crippen molar-refractivity contribution in [3.05, 3.63) is 50.5 Å². The number of nitrogens with zero attached hydrogens (tertiary/aromatic N) is 3. The Bertz CT molecular complexity index is 823. The van der Waals surface area contributed by atoms with Gasteiger partial charge in [0.05, 0.1) is 12.1 Å². The second-order valence-electron chi connectivity index (χ2n) is 3.97. The molecule has 0 unspecified atom stereocenters. The van der Waals surface area contributed by atoms with E-state index in [0.717, 1.165) is 0 Å². The standard InChI is InChI=1S/C11H10N4O2S/c1-14-3-4-15(11(14)17)6-8-12-7-2-5-18-9(7)10(16)13-8/h2-5H,6H2,1H3,(H,12,13,16). The fourth-order valence-electron chi connectivity index (χ4n) is 1.79. The number of aromatic amines is 1. The number of fused-ring (bicyclic) bond motifs is 1. The molecule has 0 aliphatic rings. The minimum Gasteiger partial charge on any atom is -0.308 e. The molecule has 0 amide bonds. The van der Waals surface area contributed by atoms with Crippen LogP contribution >= 0.6 is 11.3 Å².